The van der Waals surface area contributed by atoms with Crippen molar-refractivity contribution in [1.82, 2.24) is 0 Å². The smallest absolute Gasteiger partial charge is 1.00 e. The van der Waals surface area contributed by atoms with Crippen LogP contribution in [-0.2, 0) is 25.8 Å². The van der Waals surface area contributed by atoms with Crippen LogP contribution in [0.4, 0.5) is 0 Å². The number of halogens is 2. The van der Waals surface area contributed by atoms with E-state index in [9.17, 15) is 0 Å². The zero-order chi connectivity index (χ0) is 21.0. The van der Waals surface area contributed by atoms with E-state index in [1.54, 1.807) is 0 Å². The summed E-state index contributed by atoms with van der Waals surface area (Å²) < 4.78 is 0. The summed E-state index contributed by atoms with van der Waals surface area (Å²) in [5.74, 6) is 0. The largest absolute Gasteiger partial charge is 4.00 e. The van der Waals surface area contributed by atoms with Crippen LogP contribution in [0, 0.1) is 6.92 Å². The predicted octanol–water partition coefficient (Wildman–Crippen LogP) is 2.77. The molecule has 3 heteroatoms. The van der Waals surface area contributed by atoms with Crippen LogP contribution in [0.25, 0.3) is 43.8 Å². The molecule has 0 aliphatic heterocycles. The molecule has 34 heavy (non-hydrogen) atoms. The van der Waals surface area contributed by atoms with Gasteiger partial charge >= 0.3 is 25.8 Å². The number of fused-ring (bicyclic) bond motifs is 2. The fraction of sp³-hybridized carbons (Fsp3) is 0.0323. The van der Waals surface area contributed by atoms with Crippen LogP contribution in [-0.4, -0.2) is 0 Å². The molecule has 6 aromatic carbocycles. The third kappa shape index (κ3) is 5.96. The molecule has 6 aromatic rings. The van der Waals surface area contributed by atoms with E-state index in [-0.39, 0.29) is 50.7 Å². The van der Waals surface area contributed by atoms with Gasteiger partial charge in [-0.3, -0.25) is 0 Å². The van der Waals surface area contributed by atoms with Gasteiger partial charge in [-0.2, -0.15) is 0 Å². The van der Waals surface area contributed by atoms with Crippen molar-refractivity contribution in [2.75, 3.05) is 0 Å². The minimum absolute atomic E-state index is 0. The van der Waals surface area contributed by atoms with Crippen LogP contribution < -0.4 is 24.8 Å². The molecule has 0 saturated heterocycles. The third-order valence-electron chi connectivity index (χ3n) is 5.88. The van der Waals surface area contributed by atoms with Crippen LogP contribution >= 0.6 is 0 Å². The van der Waals surface area contributed by atoms with Gasteiger partial charge in [-0.05, 0) is 0 Å². The predicted molar refractivity (Wildman–Crippen MR) is 135 cm³/mol. The Hall–Kier alpha value is -2.45. The van der Waals surface area contributed by atoms with Gasteiger partial charge in [0.25, 0.3) is 0 Å². The number of benzene rings is 4. The first-order valence-corrected chi connectivity index (χ1v) is 10.7. The Morgan fingerprint density at radius 3 is 1.71 bits per heavy atom. The molecule has 0 spiro atoms. The third-order valence-corrected chi connectivity index (χ3v) is 5.88. The van der Waals surface area contributed by atoms with Crippen molar-refractivity contribution in [3.05, 3.63) is 133 Å². The van der Waals surface area contributed by atoms with Crippen LogP contribution in [0.2, 0.25) is 0 Å². The minimum Gasteiger partial charge on any atom is -1.00 e. The second kappa shape index (κ2) is 12.9. The Balaban J connectivity index is 0.000000221. The molecule has 0 radical (unpaired) electrons. The zero-order valence-electron chi connectivity index (χ0n) is 18.9. The minimum atomic E-state index is 0. The molecular formula is C31H24Cl2Hf. The fourth-order valence-electron chi connectivity index (χ4n) is 4.24. The molecule has 0 N–H and O–H groups in total. The summed E-state index contributed by atoms with van der Waals surface area (Å²) >= 11 is 0. The van der Waals surface area contributed by atoms with E-state index in [4.69, 9.17) is 0 Å². The molecule has 166 valence electrons. The Morgan fingerprint density at radius 2 is 1.09 bits per heavy atom. The molecule has 6 rings (SSSR count). The molecule has 0 saturated carbocycles. The quantitative estimate of drug-likeness (QED) is 0.201. The second-order valence-corrected chi connectivity index (χ2v) is 7.88. The second-order valence-electron chi connectivity index (χ2n) is 7.88. The van der Waals surface area contributed by atoms with Gasteiger partial charge < -0.3 is 24.8 Å². The molecule has 0 aliphatic rings. The first kappa shape index (κ1) is 27.8. The first-order valence-electron chi connectivity index (χ1n) is 10.7. The van der Waals surface area contributed by atoms with Gasteiger partial charge in [0.1, 0.15) is 0 Å². The first-order chi connectivity index (χ1) is 15.3. The Morgan fingerprint density at radius 1 is 0.559 bits per heavy atom. The molecule has 0 atom stereocenters. The summed E-state index contributed by atoms with van der Waals surface area (Å²) in [5.41, 5.74) is 6.62. The van der Waals surface area contributed by atoms with E-state index >= 15 is 0 Å². The number of aryl methyl sites for hydroxylation is 1. The summed E-state index contributed by atoms with van der Waals surface area (Å²) in [6, 6.07) is 44.9. The van der Waals surface area contributed by atoms with Crippen molar-refractivity contribution in [3.63, 3.8) is 0 Å². The maximum atomic E-state index is 2.28. The van der Waals surface area contributed by atoms with Gasteiger partial charge in [-0.25, -0.2) is 0 Å². The summed E-state index contributed by atoms with van der Waals surface area (Å²) in [6.07, 6.45) is 0. The van der Waals surface area contributed by atoms with Gasteiger partial charge in [-0.15, -0.1) is 68.6 Å². The maximum absolute atomic E-state index is 2.28. The molecule has 0 bridgehead atoms. The maximum Gasteiger partial charge on any atom is 4.00 e. The number of hydrogen-bond donors (Lipinski definition) is 0. The molecule has 0 amide bonds. The van der Waals surface area contributed by atoms with Crippen molar-refractivity contribution in [3.8, 4) is 22.3 Å². The molecule has 0 aromatic heterocycles. The Labute approximate surface area is 233 Å². The van der Waals surface area contributed by atoms with Crippen LogP contribution in [0.5, 0.6) is 0 Å². The Kier molecular flexibility index (Phi) is 10.5. The van der Waals surface area contributed by atoms with E-state index in [0.717, 1.165) is 0 Å². The van der Waals surface area contributed by atoms with Crippen LogP contribution in [0.15, 0.2) is 127 Å². The summed E-state index contributed by atoms with van der Waals surface area (Å²) in [7, 11) is 0. The molecular weight excluding hydrogens is 622 g/mol. The van der Waals surface area contributed by atoms with E-state index in [1.165, 1.54) is 49.4 Å². The zero-order valence-corrected chi connectivity index (χ0v) is 24.0. The topological polar surface area (TPSA) is 0 Å². The van der Waals surface area contributed by atoms with Gasteiger partial charge in [-0.1, -0.05) is 115 Å². The van der Waals surface area contributed by atoms with Crippen molar-refractivity contribution in [2.24, 2.45) is 0 Å². The summed E-state index contributed by atoms with van der Waals surface area (Å²) in [4.78, 5) is 0. The summed E-state index contributed by atoms with van der Waals surface area (Å²) in [5, 5.41) is 5.33. The van der Waals surface area contributed by atoms with Crippen molar-refractivity contribution < 1.29 is 50.7 Å². The number of hydrogen-bond acceptors (Lipinski definition) is 0. The van der Waals surface area contributed by atoms with Gasteiger partial charge in [0.15, 0.2) is 0 Å². The van der Waals surface area contributed by atoms with E-state index in [2.05, 4.69) is 128 Å². The number of rotatable bonds is 2. The van der Waals surface area contributed by atoms with Gasteiger partial charge in [0, 0.05) is 0 Å². The van der Waals surface area contributed by atoms with Crippen molar-refractivity contribution in [2.45, 2.75) is 6.92 Å². The standard InChI is InChI=1S/C16H13.C15H11.2ClH.Hf/c1-12-15-10-6-5-9-14(15)11-16(12)13-7-3-2-4-8-13;1-2-6-12(7-3-1)15-10-13-8-4-5-9-14(13)11-15;;;/h2-11H,1H3;1-11H;2*1H;/q2*-1;;;+4/p-2. The summed E-state index contributed by atoms with van der Waals surface area (Å²) in [6.45, 7) is 2.20. The fourth-order valence-corrected chi connectivity index (χ4v) is 4.24. The van der Waals surface area contributed by atoms with Crippen molar-refractivity contribution in [1.29, 1.82) is 0 Å². The van der Waals surface area contributed by atoms with Crippen molar-refractivity contribution >= 4 is 21.5 Å². The molecule has 0 fully saturated rings. The van der Waals surface area contributed by atoms with Crippen LogP contribution in [0.1, 0.15) is 5.56 Å². The van der Waals surface area contributed by atoms with E-state index in [0.29, 0.717) is 0 Å². The van der Waals surface area contributed by atoms with Gasteiger partial charge in [0.05, 0.1) is 0 Å². The molecule has 0 aliphatic carbocycles. The van der Waals surface area contributed by atoms with E-state index < -0.39 is 0 Å². The Bertz CT molecular complexity index is 1400. The van der Waals surface area contributed by atoms with Crippen LogP contribution in [0.3, 0.4) is 0 Å². The molecule has 0 nitrogen and oxygen atoms in total. The monoisotopic (exact) mass is 646 g/mol. The SMILES string of the molecule is C[c-]1c(-c2ccccc2)cc2ccccc21.[Cl-].[Cl-].[Hf+4].c1ccc(-c2cc3ccccc3[cH-]2)cc1. The average molecular weight is 646 g/mol. The molecule has 0 unspecified atom stereocenters. The van der Waals surface area contributed by atoms with Gasteiger partial charge in [0.2, 0.25) is 0 Å². The normalized spacial score (nSPS) is 9.79. The molecule has 0 heterocycles. The van der Waals surface area contributed by atoms with E-state index in [1.807, 2.05) is 6.07 Å². The average Bonchev–Trinajstić information content (AvgIpc) is 3.42.